The van der Waals surface area contributed by atoms with E-state index in [4.69, 9.17) is 4.11 Å². The molecule has 294 valence electrons. The molecule has 2 aromatic heterocycles. The summed E-state index contributed by atoms with van der Waals surface area (Å²) in [5, 5.41) is 2.18. The normalized spacial score (nSPS) is 13.7. The molecule has 10 rings (SSSR count). The van der Waals surface area contributed by atoms with E-state index in [1.807, 2.05) is 30.3 Å². The van der Waals surface area contributed by atoms with Crippen LogP contribution in [-0.4, -0.2) is 9.13 Å². The fourth-order valence-electron chi connectivity index (χ4n) is 8.94. The molecule has 0 fully saturated rings. The van der Waals surface area contributed by atoms with Crippen molar-refractivity contribution in [2.75, 3.05) is 0 Å². The van der Waals surface area contributed by atoms with Crippen LogP contribution in [0.2, 0.25) is 0 Å². The Labute approximate surface area is 362 Å². The second kappa shape index (κ2) is 14.0. The molecule has 0 aliphatic heterocycles. The largest absolute Gasteiger partial charge is 0.309 e. The summed E-state index contributed by atoms with van der Waals surface area (Å²) in [6.45, 7) is 17.5. The highest BCUT2D eigenvalue weighted by atomic mass is 19.1. The van der Waals surface area contributed by atoms with E-state index in [1.54, 1.807) is 28.8 Å². The molecule has 0 aliphatic carbocycles. The average molecular weight is 788 g/mol. The minimum Gasteiger partial charge on any atom is -0.309 e. The highest BCUT2D eigenvalue weighted by Gasteiger charge is 2.21. The maximum atomic E-state index is 13.8. The standard InChI is InChI=1S/C57H49FN2/c1-34-35(2)37(4)56(38(5)36(34)3)60-54-30-21-43(32-51(54)49-28-19-44(33-55(49)60)41-13-22-45(23-14-41)57(6,7)8)42-20-29-53-50(31-42)48-11-9-10-12-52(48)59(53)47-26-17-40(18-27-47)39-15-24-46(58)25-16-39/h9-33H,1-8H3/i9D,10D,11D,12D,20D,29D,31D. The van der Waals surface area contributed by atoms with Gasteiger partial charge in [-0.05, 0) is 167 Å². The van der Waals surface area contributed by atoms with Gasteiger partial charge >= 0.3 is 0 Å². The Morgan fingerprint density at radius 1 is 0.433 bits per heavy atom. The number of halogens is 1. The number of rotatable bonds is 5. The molecular formula is C57H49FN2. The van der Waals surface area contributed by atoms with Crippen molar-refractivity contribution in [2.45, 2.75) is 60.8 Å². The van der Waals surface area contributed by atoms with Gasteiger partial charge in [0.05, 0.1) is 37.3 Å². The molecule has 0 unspecified atom stereocenters. The van der Waals surface area contributed by atoms with Gasteiger partial charge in [0.25, 0.3) is 0 Å². The van der Waals surface area contributed by atoms with Crippen LogP contribution in [0.1, 0.15) is 63.7 Å². The molecule has 2 heterocycles. The van der Waals surface area contributed by atoms with E-state index in [-0.39, 0.29) is 68.8 Å². The minimum atomic E-state index is -0.448. The SMILES string of the molecule is [2H]c1c([2H])c([2H])c2c(c1[2H])c1c([2H])c(-c3ccc4c(c3)c3ccc(-c5ccc(C(C)(C)C)cc5)cc3n4-c3c(C)c(C)c(C)c(C)c3C)c([2H])c([2H])c1n2-c1ccc(-c2ccc(F)cc2)cc1. The summed E-state index contributed by atoms with van der Waals surface area (Å²) in [5.74, 6) is -0.351. The van der Waals surface area contributed by atoms with Crippen LogP contribution in [0.15, 0.2) is 151 Å². The van der Waals surface area contributed by atoms with Gasteiger partial charge in [0.2, 0.25) is 0 Å². The Bertz CT molecular complexity index is 3700. The molecule has 8 aromatic carbocycles. The van der Waals surface area contributed by atoms with Gasteiger partial charge in [0.15, 0.2) is 0 Å². The zero-order valence-corrected chi connectivity index (χ0v) is 35.2. The third kappa shape index (κ3) is 5.98. The molecule has 2 nitrogen and oxygen atoms in total. The molecule has 0 radical (unpaired) electrons. The van der Waals surface area contributed by atoms with Gasteiger partial charge in [-0.3, -0.25) is 0 Å². The van der Waals surface area contributed by atoms with E-state index in [9.17, 15) is 9.87 Å². The number of hydrogen-bond donors (Lipinski definition) is 0. The number of nitrogens with zero attached hydrogens (tertiary/aromatic N) is 2. The topological polar surface area (TPSA) is 9.86 Å². The van der Waals surface area contributed by atoms with Crippen molar-refractivity contribution < 1.29 is 14.0 Å². The van der Waals surface area contributed by atoms with E-state index in [2.05, 4.69) is 102 Å². The molecule has 3 heteroatoms. The van der Waals surface area contributed by atoms with E-state index in [0.29, 0.717) is 11.3 Å². The summed E-state index contributed by atoms with van der Waals surface area (Å²) in [6, 6.07) is 32.5. The zero-order valence-electron chi connectivity index (χ0n) is 42.2. The predicted molar refractivity (Wildman–Crippen MR) is 254 cm³/mol. The lowest BCUT2D eigenvalue weighted by atomic mass is 9.86. The van der Waals surface area contributed by atoms with Gasteiger partial charge in [-0.25, -0.2) is 4.39 Å². The van der Waals surface area contributed by atoms with Gasteiger partial charge in [0, 0.05) is 27.2 Å². The van der Waals surface area contributed by atoms with Gasteiger partial charge < -0.3 is 9.13 Å². The Hall–Kier alpha value is -6.71. The molecule has 0 saturated carbocycles. The van der Waals surface area contributed by atoms with E-state index >= 15 is 0 Å². The smallest absolute Gasteiger partial charge is 0.123 e. The van der Waals surface area contributed by atoms with E-state index in [0.717, 1.165) is 49.7 Å². The van der Waals surface area contributed by atoms with Crippen molar-refractivity contribution in [3.8, 4) is 44.8 Å². The molecule has 0 amide bonds. The van der Waals surface area contributed by atoms with Crippen molar-refractivity contribution in [3.05, 3.63) is 191 Å². The summed E-state index contributed by atoms with van der Waals surface area (Å²) < 4.78 is 82.7. The monoisotopic (exact) mass is 787 g/mol. The molecule has 10 aromatic rings. The average Bonchev–Trinajstić information content (AvgIpc) is 3.84. The van der Waals surface area contributed by atoms with Crippen molar-refractivity contribution in [1.29, 1.82) is 0 Å². The van der Waals surface area contributed by atoms with E-state index < -0.39 is 12.1 Å². The fraction of sp³-hybridized carbons (Fsp3) is 0.158. The Morgan fingerprint density at radius 3 is 1.67 bits per heavy atom. The summed E-state index contributed by atoms with van der Waals surface area (Å²) in [4.78, 5) is 0. The van der Waals surface area contributed by atoms with Crippen molar-refractivity contribution >= 4 is 43.6 Å². The maximum absolute atomic E-state index is 13.8. The fourth-order valence-corrected chi connectivity index (χ4v) is 8.94. The molecular weight excluding hydrogens is 732 g/mol. The first-order valence-electron chi connectivity index (χ1n) is 24.0. The molecule has 0 spiro atoms. The molecule has 60 heavy (non-hydrogen) atoms. The molecule has 0 saturated heterocycles. The lowest BCUT2D eigenvalue weighted by Crippen LogP contribution is -2.10. The lowest BCUT2D eigenvalue weighted by molar-refractivity contribution is 0.590. The molecule has 0 aliphatic rings. The first kappa shape index (κ1) is 30.3. The number of para-hydroxylation sites is 1. The van der Waals surface area contributed by atoms with Gasteiger partial charge in [0.1, 0.15) is 5.82 Å². The predicted octanol–water partition coefficient (Wildman–Crippen LogP) is 15.9. The van der Waals surface area contributed by atoms with Crippen LogP contribution in [0.3, 0.4) is 0 Å². The summed E-state index contributed by atoms with van der Waals surface area (Å²) in [7, 11) is 0. The molecule has 0 atom stereocenters. The lowest BCUT2D eigenvalue weighted by Gasteiger charge is -2.21. The molecule has 0 N–H and O–H groups in total. The number of benzene rings is 8. The highest BCUT2D eigenvalue weighted by Crippen LogP contribution is 2.42. The van der Waals surface area contributed by atoms with Crippen molar-refractivity contribution in [3.63, 3.8) is 0 Å². The first-order valence-corrected chi connectivity index (χ1v) is 20.5. The summed E-state index contributed by atoms with van der Waals surface area (Å²) in [5.41, 5.74) is 15.7. The summed E-state index contributed by atoms with van der Waals surface area (Å²) >= 11 is 0. The minimum absolute atomic E-state index is 0.0205. The third-order valence-electron chi connectivity index (χ3n) is 12.8. The Kier molecular flexibility index (Phi) is 7.06. The van der Waals surface area contributed by atoms with Crippen LogP contribution in [0.5, 0.6) is 0 Å². The van der Waals surface area contributed by atoms with Crippen LogP contribution in [0.25, 0.3) is 88.4 Å². The molecule has 0 bridgehead atoms. The van der Waals surface area contributed by atoms with Gasteiger partial charge in [-0.1, -0.05) is 112 Å². The highest BCUT2D eigenvalue weighted by molar-refractivity contribution is 6.13. The van der Waals surface area contributed by atoms with Crippen LogP contribution < -0.4 is 0 Å². The Balaban J connectivity index is 1.24. The third-order valence-corrected chi connectivity index (χ3v) is 12.8. The second-order valence-corrected chi connectivity index (χ2v) is 17.2. The van der Waals surface area contributed by atoms with Crippen LogP contribution in [0, 0.1) is 40.4 Å². The van der Waals surface area contributed by atoms with Gasteiger partial charge in [-0.2, -0.15) is 0 Å². The number of hydrogen-bond acceptors (Lipinski definition) is 0. The van der Waals surface area contributed by atoms with Crippen LogP contribution in [0.4, 0.5) is 4.39 Å². The Morgan fingerprint density at radius 2 is 0.983 bits per heavy atom. The zero-order chi connectivity index (χ0) is 47.7. The van der Waals surface area contributed by atoms with E-state index in [1.165, 1.54) is 45.5 Å². The maximum Gasteiger partial charge on any atom is 0.123 e. The second-order valence-electron chi connectivity index (χ2n) is 17.2. The van der Waals surface area contributed by atoms with Crippen LogP contribution in [-0.2, 0) is 5.41 Å². The quantitative estimate of drug-likeness (QED) is 0.164. The number of fused-ring (bicyclic) bond motifs is 6. The summed E-state index contributed by atoms with van der Waals surface area (Å²) in [6.07, 6.45) is 0. The van der Waals surface area contributed by atoms with Crippen LogP contribution >= 0.6 is 0 Å². The van der Waals surface area contributed by atoms with Gasteiger partial charge in [-0.15, -0.1) is 0 Å². The number of aromatic nitrogens is 2. The van der Waals surface area contributed by atoms with Crippen molar-refractivity contribution in [2.24, 2.45) is 0 Å². The first-order chi connectivity index (χ1) is 31.8. The van der Waals surface area contributed by atoms with Crippen molar-refractivity contribution in [1.82, 2.24) is 9.13 Å².